The summed E-state index contributed by atoms with van der Waals surface area (Å²) in [5.41, 5.74) is 7.72. The van der Waals surface area contributed by atoms with E-state index in [1.165, 1.54) is 6.92 Å². The minimum Gasteiger partial charge on any atom is -0.326 e. The van der Waals surface area contributed by atoms with Crippen LogP contribution in [0, 0.1) is 6.92 Å². The van der Waals surface area contributed by atoms with Crippen LogP contribution in [0.2, 0.25) is 0 Å². The van der Waals surface area contributed by atoms with Crippen LogP contribution in [0.25, 0.3) is 0 Å². The van der Waals surface area contributed by atoms with Gasteiger partial charge in [-0.05, 0) is 37.6 Å². The summed E-state index contributed by atoms with van der Waals surface area (Å²) in [6.45, 7) is 4.92. The van der Waals surface area contributed by atoms with Gasteiger partial charge in [0, 0.05) is 18.3 Å². The largest absolute Gasteiger partial charge is 0.326 e. The number of carbonyl (C=O) groups excluding carboxylic acids is 2. The van der Waals surface area contributed by atoms with E-state index < -0.39 is 6.04 Å². The quantitative estimate of drug-likeness (QED) is 0.737. The molecule has 0 saturated heterocycles. The molecule has 1 rings (SSSR count). The molecule has 5 nitrogen and oxygen atoms in total. The van der Waals surface area contributed by atoms with Crippen LogP contribution < -0.4 is 16.4 Å². The molecule has 5 heteroatoms. The molecule has 0 bridgehead atoms. The highest BCUT2D eigenvalue weighted by atomic mass is 16.2. The highest BCUT2D eigenvalue weighted by Gasteiger charge is 2.08. The molecular formula is C12H17N3O2. The number of nitrogens with two attached hydrogens (primary N) is 1. The third-order valence-electron chi connectivity index (χ3n) is 2.22. The van der Waals surface area contributed by atoms with Gasteiger partial charge in [0.15, 0.2) is 0 Å². The van der Waals surface area contributed by atoms with Gasteiger partial charge >= 0.3 is 0 Å². The van der Waals surface area contributed by atoms with Gasteiger partial charge in [-0.1, -0.05) is 0 Å². The first-order valence-corrected chi connectivity index (χ1v) is 5.35. The van der Waals surface area contributed by atoms with E-state index in [0.717, 1.165) is 11.3 Å². The number of aryl methyl sites for hydroxylation is 1. The maximum absolute atomic E-state index is 11.4. The van der Waals surface area contributed by atoms with E-state index in [-0.39, 0.29) is 11.8 Å². The van der Waals surface area contributed by atoms with E-state index in [0.29, 0.717) is 5.69 Å². The zero-order chi connectivity index (χ0) is 13.0. The van der Waals surface area contributed by atoms with Crippen molar-refractivity contribution in [3.63, 3.8) is 0 Å². The van der Waals surface area contributed by atoms with Crippen LogP contribution in [-0.2, 0) is 9.59 Å². The first kappa shape index (κ1) is 13.2. The van der Waals surface area contributed by atoms with Gasteiger partial charge in [-0.25, -0.2) is 0 Å². The smallest absolute Gasteiger partial charge is 0.240 e. The standard InChI is InChI=1S/C12H17N3O2/c1-7-6-10(15-12(17)8(2)13)4-5-11(7)14-9(3)16/h4-6,8H,13H2,1-3H3,(H,14,16)(H,15,17)/t8-/m0/s1. The molecule has 1 aromatic rings. The summed E-state index contributed by atoms with van der Waals surface area (Å²) in [5, 5.41) is 5.39. The van der Waals surface area contributed by atoms with E-state index >= 15 is 0 Å². The number of nitrogens with one attached hydrogen (secondary N) is 2. The minimum absolute atomic E-state index is 0.125. The van der Waals surface area contributed by atoms with E-state index in [4.69, 9.17) is 5.73 Å². The van der Waals surface area contributed by atoms with E-state index in [2.05, 4.69) is 10.6 Å². The lowest BCUT2D eigenvalue weighted by Gasteiger charge is -2.11. The Morgan fingerprint density at radius 3 is 2.41 bits per heavy atom. The van der Waals surface area contributed by atoms with Crippen molar-refractivity contribution < 1.29 is 9.59 Å². The Morgan fingerprint density at radius 1 is 1.29 bits per heavy atom. The second kappa shape index (κ2) is 5.45. The summed E-state index contributed by atoms with van der Waals surface area (Å²) >= 11 is 0. The van der Waals surface area contributed by atoms with Gasteiger partial charge < -0.3 is 16.4 Å². The van der Waals surface area contributed by atoms with Gasteiger partial charge in [-0.15, -0.1) is 0 Å². The van der Waals surface area contributed by atoms with Crippen molar-refractivity contribution in [2.45, 2.75) is 26.8 Å². The average Bonchev–Trinajstić information content (AvgIpc) is 2.21. The highest BCUT2D eigenvalue weighted by Crippen LogP contribution is 2.19. The summed E-state index contributed by atoms with van der Waals surface area (Å²) in [6, 6.07) is 4.70. The predicted octanol–water partition coefficient (Wildman–Crippen LogP) is 1.24. The van der Waals surface area contributed by atoms with Crippen molar-refractivity contribution in [1.29, 1.82) is 0 Å². The average molecular weight is 235 g/mol. The first-order valence-electron chi connectivity index (χ1n) is 5.35. The molecule has 4 N–H and O–H groups in total. The number of benzene rings is 1. The molecule has 1 atom stereocenters. The zero-order valence-corrected chi connectivity index (χ0v) is 10.2. The Labute approximate surface area is 100 Å². The van der Waals surface area contributed by atoms with Crippen molar-refractivity contribution in [1.82, 2.24) is 0 Å². The van der Waals surface area contributed by atoms with Crippen molar-refractivity contribution in [3.05, 3.63) is 23.8 Å². The summed E-state index contributed by atoms with van der Waals surface area (Å²) in [5.74, 6) is -0.364. The van der Waals surface area contributed by atoms with Crippen molar-refractivity contribution in [3.8, 4) is 0 Å². The Hall–Kier alpha value is -1.88. The van der Waals surface area contributed by atoms with E-state index in [1.807, 2.05) is 6.92 Å². The van der Waals surface area contributed by atoms with Gasteiger partial charge in [0.05, 0.1) is 6.04 Å². The second-order valence-corrected chi connectivity index (χ2v) is 3.99. The first-order chi connectivity index (χ1) is 7.90. The Kier molecular flexibility index (Phi) is 4.23. The number of hydrogen-bond acceptors (Lipinski definition) is 3. The number of amides is 2. The number of anilines is 2. The fourth-order valence-corrected chi connectivity index (χ4v) is 1.33. The lowest BCUT2D eigenvalue weighted by Crippen LogP contribution is -2.32. The maximum atomic E-state index is 11.4. The molecule has 92 valence electrons. The Morgan fingerprint density at radius 2 is 1.94 bits per heavy atom. The SMILES string of the molecule is CC(=O)Nc1ccc(NC(=O)[C@H](C)N)cc1C. The second-order valence-electron chi connectivity index (χ2n) is 3.99. The van der Waals surface area contributed by atoms with Gasteiger partial charge in [0.2, 0.25) is 11.8 Å². The molecule has 0 heterocycles. The fourth-order valence-electron chi connectivity index (χ4n) is 1.33. The number of carbonyl (C=O) groups is 2. The van der Waals surface area contributed by atoms with Crippen LogP contribution in [0.5, 0.6) is 0 Å². The van der Waals surface area contributed by atoms with Gasteiger partial charge in [0.25, 0.3) is 0 Å². The third kappa shape index (κ3) is 3.88. The van der Waals surface area contributed by atoms with Gasteiger partial charge in [-0.2, -0.15) is 0 Å². The molecule has 17 heavy (non-hydrogen) atoms. The summed E-state index contributed by atoms with van der Waals surface area (Å²) in [6.07, 6.45) is 0. The molecule has 0 aromatic heterocycles. The lowest BCUT2D eigenvalue weighted by atomic mass is 10.1. The number of rotatable bonds is 3. The normalized spacial score (nSPS) is 11.8. The van der Waals surface area contributed by atoms with E-state index in [1.54, 1.807) is 25.1 Å². The molecule has 0 radical (unpaired) electrons. The van der Waals surface area contributed by atoms with Crippen LogP contribution >= 0.6 is 0 Å². The molecule has 0 aliphatic rings. The fraction of sp³-hybridized carbons (Fsp3) is 0.333. The van der Waals surface area contributed by atoms with Crippen LogP contribution in [0.3, 0.4) is 0 Å². The maximum Gasteiger partial charge on any atom is 0.240 e. The molecule has 0 aliphatic heterocycles. The summed E-state index contributed by atoms with van der Waals surface area (Å²) < 4.78 is 0. The van der Waals surface area contributed by atoms with Crippen LogP contribution in [0.4, 0.5) is 11.4 Å². The van der Waals surface area contributed by atoms with Crippen molar-refractivity contribution in [2.75, 3.05) is 10.6 Å². The Balaban J connectivity index is 2.82. The third-order valence-corrected chi connectivity index (χ3v) is 2.22. The van der Waals surface area contributed by atoms with Crippen molar-refractivity contribution >= 4 is 23.2 Å². The molecule has 1 aromatic carbocycles. The monoisotopic (exact) mass is 235 g/mol. The summed E-state index contributed by atoms with van der Waals surface area (Å²) in [7, 11) is 0. The van der Waals surface area contributed by atoms with Crippen LogP contribution in [-0.4, -0.2) is 17.9 Å². The van der Waals surface area contributed by atoms with Crippen LogP contribution in [0.1, 0.15) is 19.4 Å². The molecular weight excluding hydrogens is 218 g/mol. The van der Waals surface area contributed by atoms with Gasteiger partial charge in [0.1, 0.15) is 0 Å². The summed E-state index contributed by atoms with van der Waals surface area (Å²) in [4.78, 5) is 22.3. The van der Waals surface area contributed by atoms with Crippen LogP contribution in [0.15, 0.2) is 18.2 Å². The molecule has 0 unspecified atom stereocenters. The number of hydrogen-bond donors (Lipinski definition) is 3. The molecule has 0 spiro atoms. The molecule has 0 fully saturated rings. The zero-order valence-electron chi connectivity index (χ0n) is 10.2. The lowest BCUT2D eigenvalue weighted by molar-refractivity contribution is -0.117. The van der Waals surface area contributed by atoms with E-state index in [9.17, 15) is 9.59 Å². The molecule has 2 amide bonds. The molecule has 0 saturated carbocycles. The predicted molar refractivity (Wildman–Crippen MR) is 67.8 cm³/mol. The molecule has 0 aliphatic carbocycles. The minimum atomic E-state index is -0.551. The Bertz CT molecular complexity index is 441. The van der Waals surface area contributed by atoms with Gasteiger partial charge in [-0.3, -0.25) is 9.59 Å². The highest BCUT2D eigenvalue weighted by molar-refractivity contribution is 5.95. The van der Waals surface area contributed by atoms with Crippen molar-refractivity contribution in [2.24, 2.45) is 5.73 Å². The topological polar surface area (TPSA) is 84.2 Å².